The average Bonchev–Trinajstić information content (AvgIpc) is 3.00. The number of aliphatic carboxylic acids is 1. The lowest BCUT2D eigenvalue weighted by Gasteiger charge is -2.59. The molecule has 0 bridgehead atoms. The Morgan fingerprint density at radius 1 is 1.18 bits per heavy atom. The molecule has 0 spiro atoms. The molecule has 4 heteroatoms. The van der Waals surface area contributed by atoms with Crippen LogP contribution in [-0.2, 0) is 4.79 Å². The number of carboxylic acids is 1. The fourth-order valence-electron chi connectivity index (χ4n) is 7.97. The van der Waals surface area contributed by atoms with Crippen LogP contribution < -0.4 is 0 Å². The van der Waals surface area contributed by atoms with Gasteiger partial charge in [-0.3, -0.25) is 4.79 Å². The first-order valence-corrected chi connectivity index (χ1v) is 11.5. The van der Waals surface area contributed by atoms with Crippen molar-refractivity contribution in [3.05, 3.63) is 11.6 Å². The summed E-state index contributed by atoms with van der Waals surface area (Å²) in [6.45, 7) is 6.89. The minimum atomic E-state index is -0.718. The number of carbonyl (C=O) groups is 1. The number of hydrogen-bond acceptors (Lipinski definition) is 3. The molecule has 9 atom stereocenters. The zero-order valence-corrected chi connectivity index (χ0v) is 17.7. The number of allylic oxidation sites excluding steroid dienone is 2. The first kappa shape index (κ1) is 20.4. The Balaban J connectivity index is 1.61. The SMILES string of the molecule is CC(CCC(=O)O)C1CCC2C3=CCC4CC(O)CCC4(C)C3CC(O)C21C. The van der Waals surface area contributed by atoms with Crippen molar-refractivity contribution in [2.45, 2.75) is 90.8 Å². The molecule has 4 aliphatic carbocycles. The molecule has 0 saturated heterocycles. The highest BCUT2D eigenvalue weighted by Gasteiger charge is 2.61. The molecule has 4 rings (SSSR count). The van der Waals surface area contributed by atoms with Gasteiger partial charge in [0.2, 0.25) is 0 Å². The van der Waals surface area contributed by atoms with Gasteiger partial charge in [0.05, 0.1) is 12.2 Å². The van der Waals surface area contributed by atoms with E-state index in [0.717, 1.165) is 44.9 Å². The predicted octanol–water partition coefficient (Wildman–Crippen LogP) is 4.40. The van der Waals surface area contributed by atoms with Crippen LogP contribution in [0.2, 0.25) is 0 Å². The summed E-state index contributed by atoms with van der Waals surface area (Å²) in [5, 5.41) is 30.7. The van der Waals surface area contributed by atoms with E-state index < -0.39 is 5.97 Å². The molecule has 0 aromatic heterocycles. The molecule has 4 nitrogen and oxygen atoms in total. The van der Waals surface area contributed by atoms with Crippen LogP contribution in [0.4, 0.5) is 0 Å². The van der Waals surface area contributed by atoms with E-state index in [9.17, 15) is 15.0 Å². The lowest BCUT2D eigenvalue weighted by atomic mass is 9.47. The van der Waals surface area contributed by atoms with Crippen LogP contribution in [0.5, 0.6) is 0 Å². The summed E-state index contributed by atoms with van der Waals surface area (Å²) >= 11 is 0. The van der Waals surface area contributed by atoms with E-state index in [1.54, 1.807) is 5.57 Å². The summed E-state index contributed by atoms with van der Waals surface area (Å²) in [4.78, 5) is 11.0. The third-order valence-corrected chi connectivity index (χ3v) is 9.74. The Labute approximate surface area is 169 Å². The van der Waals surface area contributed by atoms with Crippen LogP contribution in [0.3, 0.4) is 0 Å². The molecule has 0 aromatic carbocycles. The Morgan fingerprint density at radius 3 is 2.64 bits per heavy atom. The normalized spacial score (nSPS) is 48.8. The van der Waals surface area contributed by atoms with Crippen molar-refractivity contribution in [2.75, 3.05) is 0 Å². The number of rotatable bonds is 4. The molecule has 0 amide bonds. The van der Waals surface area contributed by atoms with E-state index in [-0.39, 0.29) is 29.5 Å². The van der Waals surface area contributed by atoms with Crippen LogP contribution in [-0.4, -0.2) is 33.5 Å². The minimum absolute atomic E-state index is 0.127. The third-order valence-electron chi connectivity index (χ3n) is 9.74. The fourth-order valence-corrected chi connectivity index (χ4v) is 7.97. The van der Waals surface area contributed by atoms with Crippen LogP contribution in [0.1, 0.15) is 78.6 Å². The molecule has 28 heavy (non-hydrogen) atoms. The van der Waals surface area contributed by atoms with Crippen LogP contribution in [0, 0.1) is 40.4 Å². The Kier molecular flexibility index (Phi) is 5.19. The number of fused-ring (bicyclic) bond motifs is 5. The van der Waals surface area contributed by atoms with Gasteiger partial charge in [-0.15, -0.1) is 0 Å². The maximum Gasteiger partial charge on any atom is 0.303 e. The highest BCUT2D eigenvalue weighted by molar-refractivity contribution is 5.66. The van der Waals surface area contributed by atoms with Crippen molar-refractivity contribution in [1.82, 2.24) is 0 Å². The van der Waals surface area contributed by atoms with Crippen LogP contribution in [0.15, 0.2) is 11.6 Å². The van der Waals surface area contributed by atoms with Crippen LogP contribution in [0.25, 0.3) is 0 Å². The van der Waals surface area contributed by atoms with Gasteiger partial charge in [0.1, 0.15) is 0 Å². The van der Waals surface area contributed by atoms with E-state index in [1.165, 1.54) is 0 Å². The molecule has 0 radical (unpaired) electrons. The van der Waals surface area contributed by atoms with Gasteiger partial charge in [0.25, 0.3) is 0 Å². The highest BCUT2D eigenvalue weighted by atomic mass is 16.4. The molecule has 3 N–H and O–H groups in total. The second-order valence-corrected chi connectivity index (χ2v) is 10.9. The molecule has 3 fully saturated rings. The van der Waals surface area contributed by atoms with Crippen molar-refractivity contribution in [1.29, 1.82) is 0 Å². The largest absolute Gasteiger partial charge is 0.481 e. The predicted molar refractivity (Wildman–Crippen MR) is 109 cm³/mol. The van der Waals surface area contributed by atoms with Gasteiger partial charge in [-0.1, -0.05) is 32.4 Å². The number of carboxylic acid groups (broad SMARTS) is 1. The summed E-state index contributed by atoms with van der Waals surface area (Å²) < 4.78 is 0. The molecular formula is C24H38O4. The van der Waals surface area contributed by atoms with Crippen molar-refractivity contribution < 1.29 is 20.1 Å². The maximum absolute atomic E-state index is 11.4. The van der Waals surface area contributed by atoms with Crippen molar-refractivity contribution >= 4 is 5.97 Å². The molecule has 0 aromatic rings. The summed E-state index contributed by atoms with van der Waals surface area (Å²) in [7, 11) is 0. The van der Waals surface area contributed by atoms with E-state index in [2.05, 4.69) is 26.8 Å². The molecule has 9 unspecified atom stereocenters. The zero-order valence-electron chi connectivity index (χ0n) is 17.7. The standard InChI is InChI=1S/C24H38O4/c1-14(4-9-22(27)28)18-7-8-19-17-6-5-15-12-16(25)10-11-23(15,2)20(17)13-21(26)24(18,19)3/h6,14-16,18-21,25-26H,4-5,7-13H2,1-3H3,(H,27,28). The second kappa shape index (κ2) is 7.12. The van der Waals surface area contributed by atoms with Gasteiger partial charge in [0.15, 0.2) is 0 Å². The smallest absolute Gasteiger partial charge is 0.303 e. The minimum Gasteiger partial charge on any atom is -0.481 e. The first-order chi connectivity index (χ1) is 13.2. The number of aliphatic hydroxyl groups excluding tert-OH is 2. The van der Waals surface area contributed by atoms with Crippen molar-refractivity contribution in [3.63, 3.8) is 0 Å². The molecule has 158 valence electrons. The van der Waals surface area contributed by atoms with E-state index in [4.69, 9.17) is 5.11 Å². The highest BCUT2D eigenvalue weighted by Crippen LogP contribution is 2.66. The maximum atomic E-state index is 11.4. The third kappa shape index (κ3) is 2.98. The molecule has 0 heterocycles. The Morgan fingerprint density at radius 2 is 1.93 bits per heavy atom. The second-order valence-electron chi connectivity index (χ2n) is 10.9. The van der Waals surface area contributed by atoms with Crippen LogP contribution >= 0.6 is 0 Å². The average molecular weight is 391 g/mol. The molecular weight excluding hydrogens is 352 g/mol. The van der Waals surface area contributed by atoms with E-state index in [0.29, 0.717) is 36.0 Å². The number of aliphatic hydroxyl groups is 2. The van der Waals surface area contributed by atoms with Crippen molar-refractivity contribution in [3.8, 4) is 0 Å². The molecule has 3 saturated carbocycles. The Hall–Kier alpha value is -0.870. The van der Waals surface area contributed by atoms with Gasteiger partial charge in [-0.05, 0) is 86.4 Å². The van der Waals surface area contributed by atoms with E-state index in [1.807, 2.05) is 0 Å². The van der Waals surface area contributed by atoms with Gasteiger partial charge in [-0.2, -0.15) is 0 Å². The summed E-state index contributed by atoms with van der Waals surface area (Å²) in [5.74, 6) is 1.42. The van der Waals surface area contributed by atoms with Crippen molar-refractivity contribution in [2.24, 2.45) is 40.4 Å². The topological polar surface area (TPSA) is 77.8 Å². The van der Waals surface area contributed by atoms with Gasteiger partial charge >= 0.3 is 5.97 Å². The lowest BCUT2D eigenvalue weighted by molar-refractivity contribution is -0.137. The van der Waals surface area contributed by atoms with Gasteiger partial charge in [-0.25, -0.2) is 0 Å². The lowest BCUT2D eigenvalue weighted by Crippen LogP contribution is -2.55. The summed E-state index contributed by atoms with van der Waals surface area (Å²) in [5.41, 5.74) is 1.67. The van der Waals surface area contributed by atoms with Gasteiger partial charge in [0, 0.05) is 11.8 Å². The fraction of sp³-hybridized carbons (Fsp3) is 0.875. The first-order valence-electron chi connectivity index (χ1n) is 11.5. The summed E-state index contributed by atoms with van der Waals surface area (Å²) in [6, 6.07) is 0. The quantitative estimate of drug-likeness (QED) is 0.622. The van der Waals surface area contributed by atoms with Gasteiger partial charge < -0.3 is 15.3 Å². The number of hydrogen-bond donors (Lipinski definition) is 3. The van der Waals surface area contributed by atoms with E-state index >= 15 is 0 Å². The summed E-state index contributed by atoms with van der Waals surface area (Å²) in [6.07, 6.45) is 9.93. The molecule has 4 aliphatic rings. The Bertz CT molecular complexity index is 657. The zero-order chi connectivity index (χ0) is 20.3. The molecule has 0 aliphatic heterocycles. The monoisotopic (exact) mass is 390 g/mol.